The number of halogens is 1. The van der Waals surface area contributed by atoms with Gasteiger partial charge in [-0.05, 0) is 42.3 Å². The fourth-order valence-electron chi connectivity index (χ4n) is 2.50. The second-order valence-corrected chi connectivity index (χ2v) is 7.55. The number of aryl methyl sites for hydroxylation is 1. The average Bonchev–Trinajstić information content (AvgIpc) is 2.79. The summed E-state index contributed by atoms with van der Waals surface area (Å²) in [6, 6.07) is 9.97. The maximum absolute atomic E-state index is 11.9. The average molecular weight is 352 g/mol. The number of rotatable bonds is 4. The van der Waals surface area contributed by atoms with Gasteiger partial charge in [0.15, 0.2) is 11.5 Å². The first kappa shape index (κ1) is 15.8. The molecule has 0 aliphatic heterocycles. The van der Waals surface area contributed by atoms with Crippen molar-refractivity contribution < 1.29 is 17.9 Å². The fraction of sp³-hybridized carbons (Fsp3) is 0.188. The van der Waals surface area contributed by atoms with Gasteiger partial charge in [-0.1, -0.05) is 17.7 Å². The maximum atomic E-state index is 11.9. The molecule has 1 aliphatic carbocycles. The van der Waals surface area contributed by atoms with E-state index in [4.69, 9.17) is 16.3 Å². The van der Waals surface area contributed by atoms with Crippen LogP contribution in [0.4, 0.5) is 5.69 Å². The van der Waals surface area contributed by atoms with Crippen molar-refractivity contribution in [3.8, 4) is 11.5 Å². The van der Waals surface area contributed by atoms with Crippen LogP contribution in [-0.4, -0.2) is 20.5 Å². The molecule has 0 fully saturated rings. The van der Waals surface area contributed by atoms with Crippen LogP contribution >= 0.6 is 11.6 Å². The molecule has 0 spiro atoms. The van der Waals surface area contributed by atoms with E-state index in [1.54, 1.807) is 36.4 Å². The number of Topliss-reactive ketones (excluding diaryl/α,β-unsaturated/α-hetero) is 1. The number of nitrogens with one attached hydrogen (secondary N) is 1. The molecule has 7 heteroatoms. The Kier molecular flexibility index (Phi) is 4.04. The summed E-state index contributed by atoms with van der Waals surface area (Å²) in [5.74, 6) is 0.757. The number of hydrogen-bond acceptors (Lipinski definition) is 4. The van der Waals surface area contributed by atoms with E-state index in [1.165, 1.54) is 0 Å². The van der Waals surface area contributed by atoms with E-state index in [9.17, 15) is 13.2 Å². The molecular weight excluding hydrogens is 338 g/mol. The first-order valence-corrected chi connectivity index (χ1v) is 9.20. The highest BCUT2D eigenvalue weighted by molar-refractivity contribution is 7.92. The van der Waals surface area contributed by atoms with E-state index in [1.807, 2.05) is 0 Å². The van der Waals surface area contributed by atoms with Crippen LogP contribution in [0.25, 0.3) is 0 Å². The molecule has 120 valence electrons. The van der Waals surface area contributed by atoms with Crippen LogP contribution in [0.15, 0.2) is 36.4 Å². The number of anilines is 1. The number of hydrogen-bond donors (Lipinski definition) is 1. The Morgan fingerprint density at radius 1 is 1.17 bits per heavy atom. The van der Waals surface area contributed by atoms with Crippen molar-refractivity contribution in [3.63, 3.8) is 0 Å². The van der Waals surface area contributed by atoms with Gasteiger partial charge in [0, 0.05) is 17.0 Å². The molecular formula is C16H14ClNO4S. The third-order valence-corrected chi connectivity index (χ3v) is 4.27. The largest absolute Gasteiger partial charge is 0.455 e. The van der Waals surface area contributed by atoms with Crippen LogP contribution in [0.5, 0.6) is 11.5 Å². The maximum Gasteiger partial charge on any atom is 0.229 e. The van der Waals surface area contributed by atoms with Gasteiger partial charge in [0.1, 0.15) is 5.75 Å². The number of benzene rings is 2. The second-order valence-electron chi connectivity index (χ2n) is 5.36. The van der Waals surface area contributed by atoms with Gasteiger partial charge < -0.3 is 4.74 Å². The van der Waals surface area contributed by atoms with Crippen LogP contribution in [-0.2, 0) is 16.4 Å². The van der Waals surface area contributed by atoms with Gasteiger partial charge in [0.2, 0.25) is 10.0 Å². The van der Waals surface area contributed by atoms with Gasteiger partial charge in [0.25, 0.3) is 0 Å². The molecule has 0 amide bonds. The molecule has 0 saturated heterocycles. The summed E-state index contributed by atoms with van der Waals surface area (Å²) in [7, 11) is -3.47. The Hall–Kier alpha value is -2.05. The summed E-state index contributed by atoms with van der Waals surface area (Å²) in [6.45, 7) is 0. The van der Waals surface area contributed by atoms with Crippen molar-refractivity contribution in [2.75, 3.05) is 11.0 Å². The minimum atomic E-state index is -3.47. The van der Waals surface area contributed by atoms with Crippen molar-refractivity contribution in [1.29, 1.82) is 0 Å². The van der Waals surface area contributed by atoms with Crippen molar-refractivity contribution in [2.24, 2.45) is 0 Å². The summed E-state index contributed by atoms with van der Waals surface area (Å²) in [5.41, 5.74) is 1.70. The highest BCUT2D eigenvalue weighted by Gasteiger charge is 2.23. The molecule has 0 aromatic heterocycles. The van der Waals surface area contributed by atoms with Crippen LogP contribution in [0.3, 0.4) is 0 Å². The van der Waals surface area contributed by atoms with Gasteiger partial charge in [-0.3, -0.25) is 9.52 Å². The molecule has 3 rings (SSSR count). The molecule has 5 nitrogen and oxygen atoms in total. The Morgan fingerprint density at radius 2 is 1.96 bits per heavy atom. The third-order valence-electron chi connectivity index (χ3n) is 3.45. The lowest BCUT2D eigenvalue weighted by atomic mass is 10.1. The van der Waals surface area contributed by atoms with Gasteiger partial charge in [-0.25, -0.2) is 8.42 Å². The minimum absolute atomic E-state index is 0.0295. The molecule has 0 heterocycles. The van der Waals surface area contributed by atoms with Crippen LogP contribution in [0, 0.1) is 0 Å². The fourth-order valence-corrected chi connectivity index (χ4v) is 3.23. The SMILES string of the molecule is CS(=O)(=O)Nc1cc2c(cc1Oc1cccc(Cl)c1)C(=O)CC2. The van der Waals surface area contributed by atoms with E-state index < -0.39 is 10.0 Å². The summed E-state index contributed by atoms with van der Waals surface area (Å²) >= 11 is 5.93. The molecule has 1 N–H and O–H groups in total. The zero-order valence-electron chi connectivity index (χ0n) is 12.3. The molecule has 0 unspecified atom stereocenters. The standard InChI is InChI=1S/C16H14ClNO4S/c1-23(20,21)18-14-7-10-5-6-15(19)13(10)9-16(14)22-12-4-2-3-11(17)8-12/h2-4,7-9,18H,5-6H2,1H3. The number of ether oxygens (including phenoxy) is 1. The zero-order chi connectivity index (χ0) is 16.6. The topological polar surface area (TPSA) is 72.5 Å². The predicted molar refractivity (Wildman–Crippen MR) is 89.1 cm³/mol. The highest BCUT2D eigenvalue weighted by Crippen LogP contribution is 2.36. The predicted octanol–water partition coefficient (Wildman–Crippen LogP) is 3.63. The van der Waals surface area contributed by atoms with Gasteiger partial charge in [0.05, 0.1) is 11.9 Å². The number of carbonyl (C=O) groups is 1. The minimum Gasteiger partial charge on any atom is -0.455 e. The third kappa shape index (κ3) is 3.65. The highest BCUT2D eigenvalue weighted by atomic mass is 35.5. The van der Waals surface area contributed by atoms with Crippen molar-refractivity contribution >= 4 is 33.1 Å². The molecule has 0 bridgehead atoms. The number of sulfonamides is 1. The van der Waals surface area contributed by atoms with E-state index in [-0.39, 0.29) is 11.5 Å². The summed E-state index contributed by atoms with van der Waals surface area (Å²) < 4.78 is 31.3. The quantitative estimate of drug-likeness (QED) is 0.912. The molecule has 2 aromatic rings. The van der Waals surface area contributed by atoms with E-state index >= 15 is 0 Å². The lowest BCUT2D eigenvalue weighted by molar-refractivity contribution is 0.0994. The molecule has 1 aliphatic rings. The molecule has 2 aromatic carbocycles. The summed E-state index contributed by atoms with van der Waals surface area (Å²) in [6.07, 6.45) is 2.09. The summed E-state index contributed by atoms with van der Waals surface area (Å²) in [5, 5.41) is 0.498. The lowest BCUT2D eigenvalue weighted by Gasteiger charge is -2.14. The first-order chi connectivity index (χ1) is 10.8. The van der Waals surface area contributed by atoms with Gasteiger partial charge in [-0.15, -0.1) is 0 Å². The van der Waals surface area contributed by atoms with Crippen LogP contribution < -0.4 is 9.46 Å². The normalized spacial score (nSPS) is 13.7. The van der Waals surface area contributed by atoms with E-state index in [0.717, 1.165) is 11.8 Å². The Balaban J connectivity index is 2.05. The Bertz CT molecular complexity index is 893. The Labute approximate surface area is 139 Å². The molecule has 0 atom stereocenters. The zero-order valence-corrected chi connectivity index (χ0v) is 13.9. The smallest absolute Gasteiger partial charge is 0.229 e. The monoisotopic (exact) mass is 351 g/mol. The van der Waals surface area contributed by atoms with Crippen molar-refractivity contribution in [2.45, 2.75) is 12.8 Å². The molecule has 0 saturated carbocycles. The van der Waals surface area contributed by atoms with Crippen LogP contribution in [0.2, 0.25) is 5.02 Å². The molecule has 0 radical (unpaired) electrons. The lowest BCUT2D eigenvalue weighted by Crippen LogP contribution is -2.11. The molecule has 23 heavy (non-hydrogen) atoms. The van der Waals surface area contributed by atoms with Crippen molar-refractivity contribution in [1.82, 2.24) is 0 Å². The van der Waals surface area contributed by atoms with Crippen molar-refractivity contribution in [3.05, 3.63) is 52.5 Å². The van der Waals surface area contributed by atoms with E-state index in [0.29, 0.717) is 34.9 Å². The number of ketones is 1. The van der Waals surface area contributed by atoms with Crippen LogP contribution in [0.1, 0.15) is 22.3 Å². The van der Waals surface area contributed by atoms with Gasteiger partial charge in [-0.2, -0.15) is 0 Å². The first-order valence-electron chi connectivity index (χ1n) is 6.93. The summed E-state index contributed by atoms with van der Waals surface area (Å²) in [4.78, 5) is 11.9. The number of fused-ring (bicyclic) bond motifs is 1. The van der Waals surface area contributed by atoms with Gasteiger partial charge >= 0.3 is 0 Å². The second kappa shape index (κ2) is 5.86. The Morgan fingerprint density at radius 3 is 2.65 bits per heavy atom. The van der Waals surface area contributed by atoms with E-state index in [2.05, 4.69) is 4.72 Å². The number of carbonyl (C=O) groups excluding carboxylic acids is 1.